The number of likely N-dealkylation sites (tertiary alicyclic amines) is 1. The van der Waals surface area contributed by atoms with Crippen LogP contribution in [0.15, 0.2) is 24.4 Å². The van der Waals surface area contributed by atoms with Gasteiger partial charge in [0, 0.05) is 35.7 Å². The van der Waals surface area contributed by atoms with Crippen LogP contribution in [0.5, 0.6) is 0 Å². The van der Waals surface area contributed by atoms with Crippen LogP contribution in [0, 0.1) is 17.8 Å². The van der Waals surface area contributed by atoms with Crippen LogP contribution in [0.2, 0.25) is 5.02 Å². The van der Waals surface area contributed by atoms with Gasteiger partial charge in [-0.3, -0.25) is 9.69 Å². The summed E-state index contributed by atoms with van der Waals surface area (Å²) in [7, 11) is 0. The normalized spacial score (nSPS) is 32.1. The molecular weight excluding hydrogens is 481 g/mol. The summed E-state index contributed by atoms with van der Waals surface area (Å²) < 4.78 is 25.4. The van der Waals surface area contributed by atoms with Gasteiger partial charge in [-0.05, 0) is 99.0 Å². The molecule has 8 heteroatoms. The minimum Gasteiger partial charge on any atom is -0.381 e. The van der Waals surface area contributed by atoms with Crippen molar-refractivity contribution in [2.24, 2.45) is 17.8 Å². The molecule has 0 unspecified atom stereocenters. The quantitative estimate of drug-likeness (QED) is 0.593. The number of fused-ring (bicyclic) bond motifs is 1. The molecule has 2 aromatic rings. The SMILES string of the molecule is C[C@]1(N2CCC(c3cc4cc(NC(=O)[C@@H]5C[C@@H]5C5CCOCC5)ncc4cc3Cl)CC2)COC[C@H]1F. The molecule has 1 amide bonds. The highest BCUT2D eigenvalue weighted by molar-refractivity contribution is 6.32. The predicted molar refractivity (Wildman–Crippen MR) is 138 cm³/mol. The Bertz CT molecular complexity index is 1130. The van der Waals surface area contributed by atoms with Crippen molar-refractivity contribution in [3.05, 3.63) is 35.0 Å². The van der Waals surface area contributed by atoms with E-state index in [9.17, 15) is 9.18 Å². The van der Waals surface area contributed by atoms with Crippen LogP contribution in [0.25, 0.3) is 10.8 Å². The molecule has 6 rings (SSSR count). The van der Waals surface area contributed by atoms with E-state index in [0.29, 0.717) is 30.2 Å². The minimum absolute atomic E-state index is 0.0791. The number of nitrogens with zero attached hydrogens (tertiary/aromatic N) is 2. The Balaban J connectivity index is 1.13. The van der Waals surface area contributed by atoms with E-state index in [0.717, 1.165) is 79.8 Å². The minimum atomic E-state index is -0.943. The molecule has 4 aliphatic rings. The molecule has 36 heavy (non-hydrogen) atoms. The van der Waals surface area contributed by atoms with Gasteiger partial charge in [-0.2, -0.15) is 0 Å². The van der Waals surface area contributed by atoms with Crippen molar-refractivity contribution in [2.75, 3.05) is 44.8 Å². The van der Waals surface area contributed by atoms with Crippen molar-refractivity contribution < 1.29 is 18.7 Å². The third-order valence-electron chi connectivity index (χ3n) is 9.13. The maximum absolute atomic E-state index is 14.5. The van der Waals surface area contributed by atoms with Gasteiger partial charge in [-0.25, -0.2) is 9.37 Å². The van der Waals surface area contributed by atoms with Gasteiger partial charge in [0.15, 0.2) is 0 Å². The largest absolute Gasteiger partial charge is 0.381 e. The fraction of sp³-hybridized carbons (Fsp3) is 0.643. The first kappa shape index (κ1) is 24.5. The topological polar surface area (TPSA) is 63.7 Å². The van der Waals surface area contributed by atoms with Crippen LogP contribution >= 0.6 is 11.6 Å². The highest BCUT2D eigenvalue weighted by Crippen LogP contribution is 2.48. The number of halogens is 2. The number of benzene rings is 1. The van der Waals surface area contributed by atoms with Gasteiger partial charge in [0.2, 0.25) is 5.91 Å². The first-order valence-electron chi connectivity index (χ1n) is 13.4. The molecule has 1 N–H and O–H groups in total. The van der Waals surface area contributed by atoms with Crippen molar-refractivity contribution in [2.45, 2.75) is 56.7 Å². The molecule has 1 aliphatic carbocycles. The number of carbonyl (C=O) groups excluding carboxylic acids is 1. The van der Waals surface area contributed by atoms with E-state index in [1.165, 1.54) is 0 Å². The molecular formula is C28H35ClFN3O3. The van der Waals surface area contributed by atoms with E-state index in [-0.39, 0.29) is 18.4 Å². The molecule has 0 radical (unpaired) electrons. The molecule has 1 saturated carbocycles. The van der Waals surface area contributed by atoms with Crippen molar-refractivity contribution in [3.63, 3.8) is 0 Å². The fourth-order valence-electron chi connectivity index (χ4n) is 6.59. The summed E-state index contributed by atoms with van der Waals surface area (Å²) in [5.41, 5.74) is 0.598. The van der Waals surface area contributed by atoms with Gasteiger partial charge in [-0.15, -0.1) is 0 Å². The second-order valence-corrected chi connectivity index (χ2v) is 11.7. The van der Waals surface area contributed by atoms with Gasteiger partial charge < -0.3 is 14.8 Å². The molecule has 1 aromatic heterocycles. The average molecular weight is 516 g/mol. The van der Waals surface area contributed by atoms with Crippen LogP contribution in [0.4, 0.5) is 10.2 Å². The molecule has 4 fully saturated rings. The number of hydrogen-bond donors (Lipinski definition) is 1. The highest BCUT2D eigenvalue weighted by atomic mass is 35.5. The molecule has 4 heterocycles. The maximum Gasteiger partial charge on any atom is 0.228 e. The zero-order chi connectivity index (χ0) is 24.9. The zero-order valence-corrected chi connectivity index (χ0v) is 21.6. The Labute approximate surface area is 216 Å². The van der Waals surface area contributed by atoms with E-state index in [1.54, 1.807) is 6.20 Å². The number of carbonyl (C=O) groups is 1. The monoisotopic (exact) mass is 515 g/mol. The summed E-state index contributed by atoms with van der Waals surface area (Å²) >= 11 is 6.71. The van der Waals surface area contributed by atoms with Crippen LogP contribution in [0.3, 0.4) is 0 Å². The van der Waals surface area contributed by atoms with E-state index in [1.807, 2.05) is 19.1 Å². The summed E-state index contributed by atoms with van der Waals surface area (Å²) in [6.07, 6.45) is 5.79. The van der Waals surface area contributed by atoms with Gasteiger partial charge >= 0.3 is 0 Å². The van der Waals surface area contributed by atoms with Crippen molar-refractivity contribution in [1.29, 1.82) is 0 Å². The first-order valence-corrected chi connectivity index (χ1v) is 13.7. The number of hydrogen-bond acceptors (Lipinski definition) is 5. The highest BCUT2D eigenvalue weighted by Gasteiger charge is 2.48. The molecule has 4 atom stereocenters. The second-order valence-electron chi connectivity index (χ2n) is 11.3. The lowest BCUT2D eigenvalue weighted by Gasteiger charge is -2.43. The molecule has 3 saturated heterocycles. The lowest BCUT2D eigenvalue weighted by atomic mass is 9.85. The first-order chi connectivity index (χ1) is 17.4. The number of amides is 1. The number of alkyl halides is 1. The maximum atomic E-state index is 14.5. The average Bonchev–Trinajstić information content (AvgIpc) is 3.63. The predicted octanol–water partition coefficient (Wildman–Crippen LogP) is 5.20. The Morgan fingerprint density at radius 2 is 1.92 bits per heavy atom. The number of anilines is 1. The van der Waals surface area contributed by atoms with Crippen molar-refractivity contribution >= 4 is 34.1 Å². The third kappa shape index (κ3) is 4.64. The lowest BCUT2D eigenvalue weighted by Crippen LogP contribution is -2.55. The Morgan fingerprint density at radius 3 is 2.64 bits per heavy atom. The number of pyridine rings is 1. The molecule has 6 nitrogen and oxygen atoms in total. The number of rotatable bonds is 5. The third-order valence-corrected chi connectivity index (χ3v) is 9.45. The molecule has 0 bridgehead atoms. The van der Waals surface area contributed by atoms with E-state index in [4.69, 9.17) is 21.1 Å². The second kappa shape index (κ2) is 9.82. The summed E-state index contributed by atoms with van der Waals surface area (Å²) in [5, 5.41) is 5.79. The molecule has 3 aliphatic heterocycles. The van der Waals surface area contributed by atoms with Crippen LogP contribution in [-0.4, -0.2) is 67.0 Å². The molecule has 194 valence electrons. The van der Waals surface area contributed by atoms with E-state index < -0.39 is 11.7 Å². The van der Waals surface area contributed by atoms with Gasteiger partial charge in [0.25, 0.3) is 0 Å². The molecule has 1 aromatic carbocycles. The summed E-state index contributed by atoms with van der Waals surface area (Å²) in [4.78, 5) is 19.6. The van der Waals surface area contributed by atoms with Crippen LogP contribution in [0.1, 0.15) is 50.5 Å². The standard InChI is InChI=1S/C28H35ClFN3O3/c1-28(16-36-15-25(28)30)33-6-2-17(3-7-33)22-10-19-12-26(31-14-20(19)11-24(22)29)32-27(34)23-13-21(23)18-4-8-35-9-5-18/h10-12,14,17-18,21,23,25H,2-9,13,15-16H2,1H3,(H,31,32,34)/t21-,23-,25-,28+/m1/s1. The zero-order valence-electron chi connectivity index (χ0n) is 20.8. The lowest BCUT2D eigenvalue weighted by molar-refractivity contribution is -0.117. The summed E-state index contributed by atoms with van der Waals surface area (Å²) in [5.74, 6) is 2.17. The van der Waals surface area contributed by atoms with Gasteiger partial charge in [-0.1, -0.05) is 11.6 Å². The Morgan fingerprint density at radius 1 is 1.14 bits per heavy atom. The smallest absolute Gasteiger partial charge is 0.228 e. The number of ether oxygens (including phenoxy) is 2. The number of aromatic nitrogens is 1. The van der Waals surface area contributed by atoms with Crippen LogP contribution in [-0.2, 0) is 14.3 Å². The summed E-state index contributed by atoms with van der Waals surface area (Å²) in [6.45, 7) is 5.90. The van der Waals surface area contributed by atoms with E-state index >= 15 is 0 Å². The molecule has 0 spiro atoms. The van der Waals surface area contributed by atoms with Gasteiger partial charge in [0.1, 0.15) is 12.0 Å². The number of nitrogens with one attached hydrogen (secondary N) is 1. The van der Waals surface area contributed by atoms with E-state index in [2.05, 4.69) is 21.3 Å². The summed E-state index contributed by atoms with van der Waals surface area (Å²) in [6, 6.07) is 6.08. The van der Waals surface area contributed by atoms with Crippen molar-refractivity contribution in [1.82, 2.24) is 9.88 Å². The Hall–Kier alpha value is -1.80. The fourth-order valence-corrected chi connectivity index (χ4v) is 6.92. The van der Waals surface area contributed by atoms with Crippen molar-refractivity contribution in [3.8, 4) is 0 Å². The number of piperidine rings is 1. The van der Waals surface area contributed by atoms with Gasteiger partial charge in [0.05, 0.1) is 18.8 Å². The van der Waals surface area contributed by atoms with Crippen LogP contribution < -0.4 is 5.32 Å². The Kier molecular flexibility index (Phi) is 6.69.